The Morgan fingerprint density at radius 3 is 2.50 bits per heavy atom. The summed E-state index contributed by atoms with van der Waals surface area (Å²) in [6.07, 6.45) is 3.03. The maximum atomic E-state index is 11.1. The number of hydrogen-bond donors (Lipinski definition) is 1. The van der Waals surface area contributed by atoms with Crippen LogP contribution in [0.25, 0.3) is 0 Å². The lowest BCUT2D eigenvalue weighted by atomic mass is 10.2. The average molecular weight is 286 g/mol. The van der Waals surface area contributed by atoms with Crippen LogP contribution in [0.5, 0.6) is 0 Å². The van der Waals surface area contributed by atoms with E-state index in [0.717, 1.165) is 19.1 Å². The minimum Gasteiger partial charge on any atom is -0.354 e. The van der Waals surface area contributed by atoms with Crippen LogP contribution >= 0.6 is 15.9 Å². The van der Waals surface area contributed by atoms with Crippen molar-refractivity contribution in [1.82, 2.24) is 5.32 Å². The van der Waals surface area contributed by atoms with Gasteiger partial charge in [-0.25, -0.2) is 8.42 Å². The van der Waals surface area contributed by atoms with Crippen LogP contribution in [0.15, 0.2) is 0 Å². The molecule has 1 atom stereocenters. The van der Waals surface area contributed by atoms with E-state index in [1.54, 1.807) is 0 Å². The molecule has 0 aliphatic carbocycles. The molecule has 0 aromatic rings. The fourth-order valence-electron chi connectivity index (χ4n) is 0.929. The Morgan fingerprint density at radius 1 is 1.50 bits per heavy atom. The molecule has 0 aromatic heterocycles. The summed E-state index contributed by atoms with van der Waals surface area (Å²) in [6.45, 7) is 2.52. The third-order valence-electron chi connectivity index (χ3n) is 1.52. The van der Waals surface area contributed by atoms with Gasteiger partial charge in [-0.2, -0.15) is 0 Å². The van der Waals surface area contributed by atoms with E-state index in [9.17, 15) is 13.2 Å². The van der Waals surface area contributed by atoms with E-state index in [1.807, 2.05) is 6.92 Å². The molecule has 1 amide bonds. The molecule has 0 aromatic carbocycles. The number of nitrogens with one attached hydrogen (secondary N) is 1. The number of hydrogen-bond acceptors (Lipinski definition) is 3. The molecule has 6 heteroatoms. The number of alkyl halides is 1. The van der Waals surface area contributed by atoms with Gasteiger partial charge in [0.1, 0.15) is 5.75 Å². The number of amides is 1. The van der Waals surface area contributed by atoms with Crippen molar-refractivity contribution in [1.29, 1.82) is 0 Å². The first kappa shape index (κ1) is 13.9. The first-order valence-electron chi connectivity index (χ1n) is 4.43. The van der Waals surface area contributed by atoms with Crippen LogP contribution in [-0.2, 0) is 14.6 Å². The van der Waals surface area contributed by atoms with Gasteiger partial charge in [0, 0.05) is 17.6 Å². The number of halogens is 1. The van der Waals surface area contributed by atoms with E-state index in [0.29, 0.717) is 6.54 Å². The number of sulfone groups is 1. The second-order valence-electron chi connectivity index (χ2n) is 3.26. The van der Waals surface area contributed by atoms with Gasteiger partial charge in [0.25, 0.3) is 0 Å². The van der Waals surface area contributed by atoms with Gasteiger partial charge in [-0.15, -0.1) is 0 Å². The topological polar surface area (TPSA) is 63.2 Å². The number of rotatable bonds is 6. The highest BCUT2D eigenvalue weighted by atomic mass is 79.9. The van der Waals surface area contributed by atoms with Crippen LogP contribution in [0, 0.1) is 0 Å². The smallest absolute Gasteiger partial charge is 0.235 e. The van der Waals surface area contributed by atoms with Crippen LogP contribution < -0.4 is 5.32 Å². The van der Waals surface area contributed by atoms with Crippen molar-refractivity contribution in [2.24, 2.45) is 0 Å². The summed E-state index contributed by atoms with van der Waals surface area (Å²) in [5.74, 6) is -0.869. The highest BCUT2D eigenvalue weighted by Crippen LogP contribution is 2.05. The van der Waals surface area contributed by atoms with Crippen molar-refractivity contribution in [2.75, 3.05) is 18.6 Å². The van der Waals surface area contributed by atoms with Crippen molar-refractivity contribution in [3.05, 3.63) is 0 Å². The first-order valence-corrected chi connectivity index (χ1v) is 7.41. The molecule has 0 heterocycles. The maximum Gasteiger partial charge on any atom is 0.235 e. The highest BCUT2D eigenvalue weighted by Gasteiger charge is 2.11. The molecular formula is C8H16BrNO3S. The number of carbonyl (C=O) groups is 1. The van der Waals surface area contributed by atoms with Gasteiger partial charge in [0.05, 0.1) is 0 Å². The molecule has 0 spiro atoms. The molecule has 0 rings (SSSR count). The lowest BCUT2D eigenvalue weighted by molar-refractivity contribution is -0.118. The molecule has 4 nitrogen and oxygen atoms in total. The minimum atomic E-state index is -3.21. The van der Waals surface area contributed by atoms with E-state index in [-0.39, 0.29) is 4.83 Å². The normalized spacial score (nSPS) is 13.6. The molecule has 1 N–H and O–H groups in total. The SMILES string of the molecule is CCCC(Br)CNC(=O)CS(C)(=O)=O. The van der Waals surface area contributed by atoms with Crippen molar-refractivity contribution in [2.45, 2.75) is 24.6 Å². The molecule has 1 unspecified atom stereocenters. The van der Waals surface area contributed by atoms with E-state index in [4.69, 9.17) is 0 Å². The Morgan fingerprint density at radius 2 is 2.07 bits per heavy atom. The molecule has 0 aliphatic rings. The molecular weight excluding hydrogens is 270 g/mol. The van der Waals surface area contributed by atoms with Gasteiger partial charge in [-0.3, -0.25) is 4.79 Å². The van der Waals surface area contributed by atoms with E-state index < -0.39 is 21.5 Å². The van der Waals surface area contributed by atoms with Crippen molar-refractivity contribution in [3.63, 3.8) is 0 Å². The lowest BCUT2D eigenvalue weighted by Crippen LogP contribution is -2.33. The predicted octanol–water partition coefficient (Wildman–Crippen LogP) is 0.711. The molecule has 14 heavy (non-hydrogen) atoms. The monoisotopic (exact) mass is 285 g/mol. The standard InChI is InChI=1S/C8H16BrNO3S/c1-3-4-7(9)5-10-8(11)6-14(2,12)13/h7H,3-6H2,1-2H3,(H,10,11). The van der Waals surface area contributed by atoms with Gasteiger partial charge < -0.3 is 5.32 Å². The number of carbonyl (C=O) groups excluding carboxylic acids is 1. The van der Waals surface area contributed by atoms with Crippen molar-refractivity contribution in [3.8, 4) is 0 Å². The van der Waals surface area contributed by atoms with E-state index in [1.165, 1.54) is 0 Å². The zero-order chi connectivity index (χ0) is 11.2. The van der Waals surface area contributed by atoms with Gasteiger partial charge in [0.2, 0.25) is 5.91 Å². The summed E-state index contributed by atoms with van der Waals surface area (Å²) < 4.78 is 21.5. The predicted molar refractivity (Wildman–Crippen MR) is 60.3 cm³/mol. The summed E-state index contributed by atoms with van der Waals surface area (Å²) in [7, 11) is -3.21. The molecule has 0 fully saturated rings. The second kappa shape index (κ2) is 6.40. The summed E-state index contributed by atoms with van der Waals surface area (Å²) in [5.41, 5.74) is 0. The fourth-order valence-corrected chi connectivity index (χ4v) is 2.13. The fraction of sp³-hybridized carbons (Fsp3) is 0.875. The van der Waals surface area contributed by atoms with Crippen LogP contribution in [0.1, 0.15) is 19.8 Å². The molecule has 0 bridgehead atoms. The van der Waals surface area contributed by atoms with Crippen LogP contribution in [-0.4, -0.2) is 37.7 Å². The maximum absolute atomic E-state index is 11.1. The van der Waals surface area contributed by atoms with Gasteiger partial charge in [-0.1, -0.05) is 29.3 Å². The van der Waals surface area contributed by atoms with Gasteiger partial charge in [0.15, 0.2) is 9.84 Å². The summed E-state index contributed by atoms with van der Waals surface area (Å²) in [5, 5.41) is 2.56. The first-order chi connectivity index (χ1) is 6.35. The summed E-state index contributed by atoms with van der Waals surface area (Å²) >= 11 is 3.38. The van der Waals surface area contributed by atoms with E-state index in [2.05, 4.69) is 21.2 Å². The molecule has 0 aliphatic heterocycles. The largest absolute Gasteiger partial charge is 0.354 e. The Balaban J connectivity index is 3.75. The molecule has 0 radical (unpaired) electrons. The average Bonchev–Trinajstić information content (AvgIpc) is 1.98. The minimum absolute atomic E-state index is 0.219. The molecule has 0 saturated heterocycles. The van der Waals surface area contributed by atoms with E-state index >= 15 is 0 Å². The lowest BCUT2D eigenvalue weighted by Gasteiger charge is -2.09. The second-order valence-corrected chi connectivity index (χ2v) is 6.70. The van der Waals surface area contributed by atoms with Gasteiger partial charge >= 0.3 is 0 Å². The third kappa shape index (κ3) is 8.50. The Labute approximate surface area is 93.5 Å². The van der Waals surface area contributed by atoms with Crippen molar-refractivity contribution >= 4 is 31.7 Å². The summed E-state index contributed by atoms with van der Waals surface area (Å²) in [6, 6.07) is 0. The zero-order valence-corrected chi connectivity index (χ0v) is 10.8. The Kier molecular flexibility index (Phi) is 6.35. The Hall–Kier alpha value is -0.100. The van der Waals surface area contributed by atoms with Crippen LogP contribution in [0.4, 0.5) is 0 Å². The van der Waals surface area contributed by atoms with Crippen LogP contribution in [0.3, 0.4) is 0 Å². The van der Waals surface area contributed by atoms with Crippen LogP contribution in [0.2, 0.25) is 0 Å². The van der Waals surface area contributed by atoms with Crippen molar-refractivity contribution < 1.29 is 13.2 Å². The molecule has 84 valence electrons. The quantitative estimate of drug-likeness (QED) is 0.731. The zero-order valence-electron chi connectivity index (χ0n) is 8.42. The van der Waals surface area contributed by atoms with Gasteiger partial charge in [-0.05, 0) is 6.42 Å². The third-order valence-corrected chi connectivity index (χ3v) is 3.08. The molecule has 0 saturated carbocycles. The summed E-state index contributed by atoms with van der Waals surface area (Å²) in [4.78, 5) is 11.3. The Bertz CT molecular complexity index is 276. The highest BCUT2D eigenvalue weighted by molar-refractivity contribution is 9.09.